The van der Waals surface area contributed by atoms with E-state index in [1.165, 1.54) is 0 Å². The third kappa shape index (κ3) is 4.15. The van der Waals surface area contributed by atoms with E-state index in [0.29, 0.717) is 19.0 Å². The van der Waals surface area contributed by atoms with E-state index < -0.39 is 0 Å². The number of hydrogen-bond acceptors (Lipinski definition) is 6. The number of likely N-dealkylation sites (N-methyl/N-ethyl adjacent to an activating group) is 1. The van der Waals surface area contributed by atoms with Crippen LogP contribution in [0.25, 0.3) is 10.8 Å². The van der Waals surface area contributed by atoms with Crippen molar-refractivity contribution in [2.45, 2.75) is 27.3 Å². The molecule has 0 aliphatic heterocycles. The van der Waals surface area contributed by atoms with Crippen LogP contribution in [-0.4, -0.2) is 35.5 Å². The average Bonchev–Trinajstić information content (AvgIpc) is 3.08. The van der Waals surface area contributed by atoms with Crippen molar-refractivity contribution in [1.82, 2.24) is 9.88 Å². The third-order valence-corrected chi connectivity index (χ3v) is 3.96. The van der Waals surface area contributed by atoms with Crippen molar-refractivity contribution in [1.29, 1.82) is 0 Å². The van der Waals surface area contributed by atoms with Gasteiger partial charge in [-0.2, -0.15) is 0 Å². The lowest BCUT2D eigenvalue weighted by molar-refractivity contribution is -0.144. The van der Waals surface area contributed by atoms with E-state index in [4.69, 9.17) is 9.15 Å². The van der Waals surface area contributed by atoms with Crippen molar-refractivity contribution in [3.63, 3.8) is 0 Å². The van der Waals surface area contributed by atoms with Crippen molar-refractivity contribution in [3.05, 3.63) is 29.0 Å². The van der Waals surface area contributed by atoms with Crippen LogP contribution in [0.3, 0.4) is 0 Å². The van der Waals surface area contributed by atoms with Gasteiger partial charge in [-0.15, -0.1) is 11.3 Å². The molecule has 0 saturated carbocycles. The molecule has 5 nitrogen and oxygen atoms in total. The van der Waals surface area contributed by atoms with E-state index in [1.807, 2.05) is 43.2 Å². The first-order chi connectivity index (χ1) is 10.1. The summed E-state index contributed by atoms with van der Waals surface area (Å²) in [6.07, 6.45) is 0. The molecule has 2 aromatic rings. The monoisotopic (exact) mass is 308 g/mol. The maximum Gasteiger partial charge on any atom is 0.320 e. The minimum absolute atomic E-state index is 0.209. The molecule has 0 aliphatic rings. The van der Waals surface area contributed by atoms with Gasteiger partial charge >= 0.3 is 5.97 Å². The fourth-order valence-corrected chi connectivity index (χ4v) is 2.61. The highest BCUT2D eigenvalue weighted by Crippen LogP contribution is 2.26. The van der Waals surface area contributed by atoms with Crippen molar-refractivity contribution in [3.8, 4) is 10.8 Å². The Hall–Kier alpha value is -1.66. The van der Waals surface area contributed by atoms with Gasteiger partial charge in [-0.3, -0.25) is 9.69 Å². The van der Waals surface area contributed by atoms with E-state index in [-0.39, 0.29) is 12.5 Å². The first-order valence-corrected chi connectivity index (χ1v) is 7.90. The Bertz CT molecular complexity index is 578. The van der Waals surface area contributed by atoms with Crippen molar-refractivity contribution in [2.75, 3.05) is 19.7 Å². The number of thiophene rings is 1. The number of esters is 1. The van der Waals surface area contributed by atoms with E-state index in [1.54, 1.807) is 11.3 Å². The molecule has 21 heavy (non-hydrogen) atoms. The molecular weight excluding hydrogens is 288 g/mol. The van der Waals surface area contributed by atoms with Crippen LogP contribution in [0.2, 0.25) is 0 Å². The SMILES string of the molecule is CCOC(=O)CN(CC)Cc1nc(-c2cccs2)oc1C. The molecule has 0 fully saturated rings. The van der Waals surface area contributed by atoms with Gasteiger partial charge in [-0.1, -0.05) is 13.0 Å². The Kier molecular flexibility index (Phi) is 5.52. The third-order valence-electron chi connectivity index (χ3n) is 3.10. The van der Waals surface area contributed by atoms with Gasteiger partial charge in [0.05, 0.1) is 23.7 Å². The molecule has 0 atom stereocenters. The molecule has 0 saturated heterocycles. The largest absolute Gasteiger partial charge is 0.465 e. The molecule has 2 aromatic heterocycles. The maximum atomic E-state index is 11.6. The zero-order valence-corrected chi connectivity index (χ0v) is 13.4. The van der Waals surface area contributed by atoms with Crippen LogP contribution >= 0.6 is 11.3 Å². The molecule has 0 spiro atoms. The summed E-state index contributed by atoms with van der Waals surface area (Å²) in [5, 5.41) is 1.99. The summed E-state index contributed by atoms with van der Waals surface area (Å²) >= 11 is 1.60. The summed E-state index contributed by atoms with van der Waals surface area (Å²) in [6, 6.07) is 3.95. The van der Waals surface area contributed by atoms with Crippen molar-refractivity contribution < 1.29 is 13.9 Å². The summed E-state index contributed by atoms with van der Waals surface area (Å²) in [6.45, 7) is 7.72. The zero-order chi connectivity index (χ0) is 15.2. The lowest BCUT2D eigenvalue weighted by atomic mass is 10.3. The Morgan fingerprint density at radius 1 is 1.48 bits per heavy atom. The molecule has 114 valence electrons. The van der Waals surface area contributed by atoms with Gasteiger partial charge in [0.2, 0.25) is 5.89 Å². The first kappa shape index (κ1) is 15.7. The Labute approximate surface area is 128 Å². The number of carbonyl (C=O) groups excluding carboxylic acids is 1. The Morgan fingerprint density at radius 3 is 2.90 bits per heavy atom. The van der Waals surface area contributed by atoms with Crippen LogP contribution in [0.1, 0.15) is 25.3 Å². The van der Waals surface area contributed by atoms with Crippen molar-refractivity contribution in [2.24, 2.45) is 0 Å². The highest BCUT2D eigenvalue weighted by Gasteiger charge is 2.16. The van der Waals surface area contributed by atoms with E-state index >= 15 is 0 Å². The summed E-state index contributed by atoms with van der Waals surface area (Å²) < 4.78 is 10.7. The zero-order valence-electron chi connectivity index (χ0n) is 12.6. The number of ether oxygens (including phenoxy) is 1. The number of aryl methyl sites for hydroxylation is 1. The lowest BCUT2D eigenvalue weighted by Gasteiger charge is -2.17. The maximum absolute atomic E-state index is 11.6. The standard InChI is InChI=1S/C15H20N2O3S/c1-4-17(10-14(18)19-5-2)9-12-11(3)20-15(16-12)13-7-6-8-21-13/h6-8H,4-5,9-10H2,1-3H3. The normalized spacial score (nSPS) is 11.0. The Balaban J connectivity index is 2.06. The molecular formula is C15H20N2O3S. The van der Waals surface area contributed by atoms with Gasteiger partial charge in [0.1, 0.15) is 5.76 Å². The molecule has 0 aliphatic carbocycles. The van der Waals surface area contributed by atoms with Gasteiger partial charge in [0.25, 0.3) is 0 Å². The number of rotatable bonds is 7. The fraction of sp³-hybridized carbons (Fsp3) is 0.467. The number of oxazole rings is 1. The highest BCUT2D eigenvalue weighted by atomic mass is 32.1. The molecule has 0 aromatic carbocycles. The average molecular weight is 308 g/mol. The van der Waals surface area contributed by atoms with Gasteiger partial charge < -0.3 is 9.15 Å². The summed E-state index contributed by atoms with van der Waals surface area (Å²) in [7, 11) is 0. The van der Waals surface area contributed by atoms with Crippen LogP contribution < -0.4 is 0 Å². The van der Waals surface area contributed by atoms with Gasteiger partial charge in [0.15, 0.2) is 0 Å². The second-order valence-corrected chi connectivity index (χ2v) is 5.56. The molecule has 0 amide bonds. The van der Waals surface area contributed by atoms with E-state index in [2.05, 4.69) is 4.98 Å². The minimum Gasteiger partial charge on any atom is -0.465 e. The predicted octanol–water partition coefficient (Wildman–Crippen LogP) is 3.10. The summed E-state index contributed by atoms with van der Waals surface area (Å²) in [5.41, 5.74) is 0.865. The van der Waals surface area contributed by atoms with Crippen LogP contribution in [0, 0.1) is 6.92 Å². The van der Waals surface area contributed by atoms with Crippen LogP contribution in [-0.2, 0) is 16.1 Å². The van der Waals surface area contributed by atoms with Gasteiger partial charge in [0, 0.05) is 6.54 Å². The second-order valence-electron chi connectivity index (χ2n) is 4.61. The van der Waals surface area contributed by atoms with E-state index in [0.717, 1.165) is 22.9 Å². The molecule has 2 rings (SSSR count). The lowest BCUT2D eigenvalue weighted by Crippen LogP contribution is -2.30. The first-order valence-electron chi connectivity index (χ1n) is 7.02. The topological polar surface area (TPSA) is 55.6 Å². The number of nitrogens with zero attached hydrogens (tertiary/aromatic N) is 2. The summed E-state index contributed by atoms with van der Waals surface area (Å²) in [4.78, 5) is 19.1. The minimum atomic E-state index is -0.209. The molecule has 0 radical (unpaired) electrons. The molecule has 0 unspecified atom stereocenters. The smallest absolute Gasteiger partial charge is 0.320 e. The molecule has 0 bridgehead atoms. The molecule has 2 heterocycles. The second kappa shape index (κ2) is 7.38. The highest BCUT2D eigenvalue weighted by molar-refractivity contribution is 7.13. The van der Waals surface area contributed by atoms with Crippen molar-refractivity contribution >= 4 is 17.3 Å². The van der Waals surface area contributed by atoms with Crippen LogP contribution in [0.4, 0.5) is 0 Å². The number of aromatic nitrogens is 1. The number of hydrogen-bond donors (Lipinski definition) is 0. The summed E-state index contributed by atoms with van der Waals surface area (Å²) in [5.74, 6) is 1.23. The Morgan fingerprint density at radius 2 is 2.29 bits per heavy atom. The number of carbonyl (C=O) groups is 1. The van der Waals surface area contributed by atoms with E-state index in [9.17, 15) is 4.79 Å². The van der Waals surface area contributed by atoms with Crippen LogP contribution in [0.5, 0.6) is 0 Å². The molecule has 0 N–H and O–H groups in total. The quantitative estimate of drug-likeness (QED) is 0.736. The van der Waals surface area contributed by atoms with Crippen LogP contribution in [0.15, 0.2) is 21.9 Å². The van der Waals surface area contributed by atoms with Gasteiger partial charge in [-0.05, 0) is 31.8 Å². The fourth-order valence-electron chi connectivity index (χ4n) is 1.96. The predicted molar refractivity (Wildman–Crippen MR) is 82.1 cm³/mol. The van der Waals surface area contributed by atoms with Gasteiger partial charge in [-0.25, -0.2) is 4.98 Å². The molecule has 6 heteroatoms.